The van der Waals surface area contributed by atoms with Gasteiger partial charge in [-0.15, -0.1) is 11.3 Å². The molecule has 29 heavy (non-hydrogen) atoms. The first kappa shape index (κ1) is 20.9. The molecule has 0 radical (unpaired) electrons. The summed E-state index contributed by atoms with van der Waals surface area (Å²) >= 11 is 1.09. The van der Waals surface area contributed by atoms with Crippen molar-refractivity contribution in [3.63, 3.8) is 0 Å². The SMILES string of the molecule is CCOc1ccc(N(C)S(=O)(=O)c2ccsc2C(=O)Nc2cccc(C)c2)cc1. The van der Waals surface area contributed by atoms with Crippen LogP contribution in [0.15, 0.2) is 64.9 Å². The Labute approximate surface area is 174 Å². The second kappa shape index (κ2) is 8.67. The van der Waals surface area contributed by atoms with E-state index in [4.69, 9.17) is 4.74 Å². The predicted octanol–water partition coefficient (Wildman–Crippen LogP) is 4.53. The number of amides is 1. The monoisotopic (exact) mass is 430 g/mol. The molecule has 3 rings (SSSR count). The average molecular weight is 431 g/mol. The molecule has 0 aliphatic rings. The van der Waals surface area contributed by atoms with Gasteiger partial charge in [0.05, 0.1) is 12.3 Å². The lowest BCUT2D eigenvalue weighted by atomic mass is 10.2. The highest BCUT2D eigenvalue weighted by atomic mass is 32.2. The number of benzene rings is 2. The Morgan fingerprint density at radius 2 is 1.86 bits per heavy atom. The van der Waals surface area contributed by atoms with Crippen molar-refractivity contribution in [2.75, 3.05) is 23.3 Å². The molecular weight excluding hydrogens is 408 g/mol. The number of rotatable bonds is 7. The van der Waals surface area contributed by atoms with Gasteiger partial charge in [-0.2, -0.15) is 0 Å². The molecule has 152 valence electrons. The Morgan fingerprint density at radius 3 is 2.52 bits per heavy atom. The summed E-state index contributed by atoms with van der Waals surface area (Å²) in [5.41, 5.74) is 2.09. The molecule has 0 spiro atoms. The second-order valence-electron chi connectivity index (χ2n) is 6.34. The Balaban J connectivity index is 1.86. The van der Waals surface area contributed by atoms with Gasteiger partial charge in [0.2, 0.25) is 0 Å². The molecule has 0 fully saturated rings. The summed E-state index contributed by atoms with van der Waals surface area (Å²) in [6, 6.07) is 15.6. The predicted molar refractivity (Wildman–Crippen MR) is 117 cm³/mol. The van der Waals surface area contributed by atoms with Gasteiger partial charge in [-0.1, -0.05) is 12.1 Å². The molecule has 0 saturated carbocycles. The normalized spacial score (nSPS) is 11.1. The lowest BCUT2D eigenvalue weighted by Crippen LogP contribution is -2.28. The van der Waals surface area contributed by atoms with Gasteiger partial charge in [-0.3, -0.25) is 9.10 Å². The molecule has 1 amide bonds. The van der Waals surface area contributed by atoms with E-state index in [0.717, 1.165) is 21.2 Å². The minimum Gasteiger partial charge on any atom is -0.494 e. The van der Waals surface area contributed by atoms with Crippen LogP contribution in [0.5, 0.6) is 5.75 Å². The first-order valence-electron chi connectivity index (χ1n) is 9.00. The van der Waals surface area contributed by atoms with Crippen molar-refractivity contribution in [1.29, 1.82) is 0 Å². The van der Waals surface area contributed by atoms with Gasteiger partial charge >= 0.3 is 0 Å². The number of carbonyl (C=O) groups excluding carboxylic acids is 1. The summed E-state index contributed by atoms with van der Waals surface area (Å²) in [5.74, 6) is 0.208. The third-order valence-corrected chi connectivity index (χ3v) is 7.13. The molecule has 0 saturated heterocycles. The summed E-state index contributed by atoms with van der Waals surface area (Å²) in [5, 5.41) is 4.37. The van der Waals surface area contributed by atoms with E-state index < -0.39 is 15.9 Å². The number of hydrogen-bond donors (Lipinski definition) is 1. The molecular formula is C21H22N2O4S2. The number of nitrogens with one attached hydrogen (secondary N) is 1. The number of aryl methyl sites for hydroxylation is 1. The van der Waals surface area contributed by atoms with Crippen LogP contribution in [0, 0.1) is 6.92 Å². The maximum Gasteiger partial charge on any atom is 0.267 e. The van der Waals surface area contributed by atoms with Gasteiger partial charge in [0.15, 0.2) is 0 Å². The largest absolute Gasteiger partial charge is 0.494 e. The van der Waals surface area contributed by atoms with Crippen molar-refractivity contribution >= 4 is 38.6 Å². The maximum absolute atomic E-state index is 13.2. The van der Waals surface area contributed by atoms with Crippen molar-refractivity contribution < 1.29 is 17.9 Å². The maximum atomic E-state index is 13.2. The molecule has 1 N–H and O–H groups in total. The van der Waals surface area contributed by atoms with E-state index in [1.165, 1.54) is 13.1 Å². The number of hydrogen-bond acceptors (Lipinski definition) is 5. The van der Waals surface area contributed by atoms with Crippen molar-refractivity contribution in [3.05, 3.63) is 70.4 Å². The van der Waals surface area contributed by atoms with Crippen LogP contribution in [0.4, 0.5) is 11.4 Å². The highest BCUT2D eigenvalue weighted by Gasteiger charge is 2.28. The van der Waals surface area contributed by atoms with Gasteiger partial charge in [0.1, 0.15) is 15.5 Å². The zero-order chi connectivity index (χ0) is 21.0. The van der Waals surface area contributed by atoms with E-state index in [0.29, 0.717) is 23.7 Å². The molecule has 2 aromatic carbocycles. The van der Waals surface area contributed by atoms with Gasteiger partial charge in [0.25, 0.3) is 15.9 Å². The fraction of sp³-hybridized carbons (Fsp3) is 0.190. The number of sulfonamides is 1. The van der Waals surface area contributed by atoms with Crippen LogP contribution >= 0.6 is 11.3 Å². The highest BCUT2D eigenvalue weighted by Crippen LogP contribution is 2.29. The van der Waals surface area contributed by atoms with Crippen LogP contribution in [0.2, 0.25) is 0 Å². The molecule has 1 aromatic heterocycles. The van der Waals surface area contributed by atoms with Crippen molar-refractivity contribution in [3.8, 4) is 5.75 Å². The lowest BCUT2D eigenvalue weighted by molar-refractivity contribution is 0.102. The van der Waals surface area contributed by atoms with E-state index in [2.05, 4.69) is 5.32 Å². The van der Waals surface area contributed by atoms with Gasteiger partial charge in [-0.25, -0.2) is 8.42 Å². The molecule has 0 unspecified atom stereocenters. The number of thiophene rings is 1. The summed E-state index contributed by atoms with van der Waals surface area (Å²) in [6.45, 7) is 4.33. The Hall–Kier alpha value is -2.84. The molecule has 1 heterocycles. The molecule has 0 aliphatic carbocycles. The minimum atomic E-state index is -3.91. The quantitative estimate of drug-likeness (QED) is 0.597. The molecule has 0 bridgehead atoms. The van der Waals surface area contributed by atoms with E-state index in [1.807, 2.05) is 32.0 Å². The summed E-state index contributed by atoms with van der Waals surface area (Å²) in [4.78, 5) is 12.8. The smallest absolute Gasteiger partial charge is 0.267 e. The third-order valence-electron chi connectivity index (χ3n) is 4.26. The molecule has 3 aromatic rings. The number of anilines is 2. The van der Waals surface area contributed by atoms with Gasteiger partial charge < -0.3 is 10.1 Å². The zero-order valence-electron chi connectivity index (χ0n) is 16.4. The van der Waals surface area contributed by atoms with E-state index in [1.54, 1.807) is 35.7 Å². The summed E-state index contributed by atoms with van der Waals surface area (Å²) in [7, 11) is -2.44. The first-order chi connectivity index (χ1) is 13.8. The van der Waals surface area contributed by atoms with Crippen LogP contribution in [-0.4, -0.2) is 28.0 Å². The number of carbonyl (C=O) groups is 1. The van der Waals surface area contributed by atoms with Crippen molar-refractivity contribution in [1.82, 2.24) is 0 Å². The highest BCUT2D eigenvalue weighted by molar-refractivity contribution is 7.93. The fourth-order valence-electron chi connectivity index (χ4n) is 2.78. The summed E-state index contributed by atoms with van der Waals surface area (Å²) in [6.07, 6.45) is 0. The van der Waals surface area contributed by atoms with E-state index >= 15 is 0 Å². The Bertz CT molecular complexity index is 1110. The molecule has 6 nitrogen and oxygen atoms in total. The van der Waals surface area contributed by atoms with Crippen LogP contribution in [0.3, 0.4) is 0 Å². The zero-order valence-corrected chi connectivity index (χ0v) is 18.0. The molecule has 8 heteroatoms. The topological polar surface area (TPSA) is 75.7 Å². The third kappa shape index (κ3) is 4.60. The Kier molecular flexibility index (Phi) is 6.24. The molecule has 0 aliphatic heterocycles. The number of nitrogens with zero attached hydrogens (tertiary/aromatic N) is 1. The second-order valence-corrected chi connectivity index (χ2v) is 9.19. The minimum absolute atomic E-state index is 0.0240. The summed E-state index contributed by atoms with van der Waals surface area (Å²) < 4.78 is 32.9. The lowest BCUT2D eigenvalue weighted by Gasteiger charge is -2.20. The van der Waals surface area contributed by atoms with E-state index in [9.17, 15) is 13.2 Å². The Morgan fingerprint density at radius 1 is 1.14 bits per heavy atom. The standard InChI is InChI=1S/C21H22N2O4S2/c1-4-27-18-10-8-17(9-11-18)23(3)29(25,26)19-12-13-28-20(19)21(24)22-16-7-5-6-15(2)14-16/h5-14H,4H2,1-3H3,(H,22,24). The van der Waals surface area contributed by atoms with Crippen LogP contribution in [-0.2, 0) is 10.0 Å². The van der Waals surface area contributed by atoms with E-state index in [-0.39, 0.29) is 9.77 Å². The van der Waals surface area contributed by atoms with Gasteiger partial charge in [-0.05, 0) is 67.3 Å². The van der Waals surface area contributed by atoms with Crippen molar-refractivity contribution in [2.24, 2.45) is 0 Å². The van der Waals surface area contributed by atoms with Crippen LogP contribution in [0.1, 0.15) is 22.2 Å². The fourth-order valence-corrected chi connectivity index (χ4v) is 5.27. The molecule has 0 atom stereocenters. The number of ether oxygens (including phenoxy) is 1. The first-order valence-corrected chi connectivity index (χ1v) is 11.3. The average Bonchev–Trinajstić information content (AvgIpc) is 3.19. The van der Waals surface area contributed by atoms with Crippen LogP contribution in [0.25, 0.3) is 0 Å². The van der Waals surface area contributed by atoms with Crippen molar-refractivity contribution in [2.45, 2.75) is 18.7 Å². The van der Waals surface area contributed by atoms with Crippen LogP contribution < -0.4 is 14.4 Å². The van der Waals surface area contributed by atoms with Gasteiger partial charge in [0, 0.05) is 12.7 Å².